The Morgan fingerprint density at radius 3 is 2.44 bits per heavy atom. The van der Waals surface area contributed by atoms with Crippen LogP contribution in [0, 0.1) is 0 Å². The van der Waals surface area contributed by atoms with Gasteiger partial charge in [-0.05, 0) is 0 Å². The molecule has 1 rings (SSSR count). The van der Waals surface area contributed by atoms with E-state index in [2.05, 4.69) is 4.99 Å². The molecule has 50 valence electrons. The minimum Gasteiger partial charge on any atom is -0.337 e. The maximum atomic E-state index is 5.45. The van der Waals surface area contributed by atoms with E-state index in [-0.39, 0.29) is 0 Å². The first-order chi connectivity index (χ1) is 4.25. The van der Waals surface area contributed by atoms with Crippen LogP contribution in [0.15, 0.2) is 17.4 Å². The van der Waals surface area contributed by atoms with E-state index >= 15 is 0 Å². The minimum absolute atomic E-state index is 0.759. The lowest BCUT2D eigenvalue weighted by Crippen LogP contribution is -2.28. The summed E-state index contributed by atoms with van der Waals surface area (Å²) < 4.78 is 3.32. The number of hydrogen-bond acceptors (Lipinski definition) is 2. The molecular weight excluding hydrogens is 116 g/mol. The summed E-state index contributed by atoms with van der Waals surface area (Å²) in [4.78, 5) is 3.93. The lowest BCUT2D eigenvalue weighted by molar-refractivity contribution is 0.766. The van der Waals surface area contributed by atoms with Crippen LogP contribution < -0.4 is 11.5 Å². The summed E-state index contributed by atoms with van der Waals surface area (Å²) in [6.45, 7) is 0. The molecule has 0 fully saturated rings. The second-order valence-corrected chi connectivity index (χ2v) is 1.84. The fourth-order valence-corrected chi connectivity index (χ4v) is 0.760. The monoisotopic (exact) mass is 126 g/mol. The summed E-state index contributed by atoms with van der Waals surface area (Å²) in [7, 11) is 3.60. The zero-order valence-corrected chi connectivity index (χ0v) is 5.57. The molecule has 9 heavy (non-hydrogen) atoms. The average molecular weight is 126 g/mol. The third kappa shape index (κ3) is 0.826. The van der Waals surface area contributed by atoms with Crippen molar-refractivity contribution in [1.29, 1.82) is 0 Å². The molecule has 0 unspecified atom stereocenters. The van der Waals surface area contributed by atoms with E-state index in [1.165, 1.54) is 4.68 Å². The highest BCUT2D eigenvalue weighted by Crippen LogP contribution is 1.71. The molecule has 4 heteroatoms. The Hall–Kier alpha value is -1.19. The Kier molecular flexibility index (Phi) is 1.30. The lowest BCUT2D eigenvalue weighted by Gasteiger charge is -1.90. The summed E-state index contributed by atoms with van der Waals surface area (Å²) in [6, 6.07) is 0. The predicted molar refractivity (Wildman–Crippen MR) is 35.0 cm³/mol. The molecule has 1 aromatic heterocycles. The minimum atomic E-state index is 0.759. The molecule has 0 atom stereocenters. The first-order valence-electron chi connectivity index (χ1n) is 2.67. The molecule has 0 radical (unpaired) electrons. The van der Waals surface area contributed by atoms with Crippen LogP contribution in [-0.4, -0.2) is 16.3 Å². The summed E-state index contributed by atoms with van der Waals surface area (Å²) in [5.41, 5.74) is 0.759. The van der Waals surface area contributed by atoms with Gasteiger partial charge in [-0.15, -0.1) is 0 Å². The second kappa shape index (κ2) is 1.97. The first kappa shape index (κ1) is 5.94. The Bertz CT molecular complexity index is 232. The molecule has 0 aliphatic rings. The van der Waals surface area contributed by atoms with E-state index in [0.717, 1.165) is 5.62 Å². The normalized spacial score (nSPS) is 12.4. The van der Waals surface area contributed by atoms with Gasteiger partial charge in [-0.25, -0.2) is 4.68 Å². The van der Waals surface area contributed by atoms with Gasteiger partial charge in [0.2, 0.25) is 5.62 Å². The number of nitrogen functional groups attached to an aromatic ring is 1. The Morgan fingerprint density at radius 2 is 2.22 bits per heavy atom. The Balaban J connectivity index is 3.42. The first-order valence-corrected chi connectivity index (χ1v) is 2.67. The van der Waals surface area contributed by atoms with Gasteiger partial charge >= 0.3 is 0 Å². The number of rotatable bonds is 0. The van der Waals surface area contributed by atoms with Crippen molar-refractivity contribution in [2.24, 2.45) is 12.0 Å². The molecule has 0 saturated heterocycles. The van der Waals surface area contributed by atoms with E-state index in [9.17, 15) is 0 Å². The van der Waals surface area contributed by atoms with Crippen molar-refractivity contribution in [2.45, 2.75) is 0 Å². The zero-order chi connectivity index (χ0) is 6.85. The Labute approximate surface area is 53.2 Å². The summed E-state index contributed by atoms with van der Waals surface area (Å²) in [6.07, 6.45) is 3.60. The third-order valence-electron chi connectivity index (χ3n) is 1.20. The van der Waals surface area contributed by atoms with Crippen molar-refractivity contribution >= 4 is 0 Å². The van der Waals surface area contributed by atoms with E-state index in [0.29, 0.717) is 0 Å². The maximum absolute atomic E-state index is 5.45. The quantitative estimate of drug-likeness (QED) is 0.449. The summed E-state index contributed by atoms with van der Waals surface area (Å²) in [5.74, 6) is 5.45. The van der Waals surface area contributed by atoms with Gasteiger partial charge in [0.05, 0.1) is 0 Å². The van der Waals surface area contributed by atoms with E-state index in [1.807, 2.05) is 17.8 Å². The molecule has 0 amide bonds. The molecule has 0 aliphatic heterocycles. The van der Waals surface area contributed by atoms with Crippen molar-refractivity contribution in [1.82, 2.24) is 9.24 Å². The maximum Gasteiger partial charge on any atom is 0.223 e. The van der Waals surface area contributed by atoms with Crippen molar-refractivity contribution in [3.8, 4) is 0 Å². The van der Waals surface area contributed by atoms with Gasteiger partial charge in [-0.3, -0.25) is 4.99 Å². The fourth-order valence-electron chi connectivity index (χ4n) is 0.760. The topological polar surface area (TPSA) is 48.2 Å². The number of imidazole rings is 1. The second-order valence-electron chi connectivity index (χ2n) is 1.84. The largest absolute Gasteiger partial charge is 0.337 e. The predicted octanol–water partition coefficient (Wildman–Crippen LogP) is -0.929. The van der Waals surface area contributed by atoms with Crippen LogP contribution in [0.1, 0.15) is 0 Å². The Morgan fingerprint density at radius 1 is 1.56 bits per heavy atom. The smallest absolute Gasteiger partial charge is 0.223 e. The van der Waals surface area contributed by atoms with E-state index < -0.39 is 0 Å². The highest BCUT2D eigenvalue weighted by atomic mass is 15.3. The van der Waals surface area contributed by atoms with Gasteiger partial charge in [-0.1, -0.05) is 0 Å². The zero-order valence-electron chi connectivity index (χ0n) is 5.57. The van der Waals surface area contributed by atoms with Crippen LogP contribution >= 0.6 is 0 Å². The van der Waals surface area contributed by atoms with Crippen molar-refractivity contribution in [3.05, 3.63) is 18.0 Å². The highest BCUT2D eigenvalue weighted by molar-refractivity contribution is 4.77. The fraction of sp³-hybridized carbons (Fsp3) is 0.400. The number of nitrogens with zero attached hydrogens (tertiary/aromatic N) is 3. The molecule has 1 heterocycles. The van der Waals surface area contributed by atoms with Crippen LogP contribution in [-0.2, 0) is 7.05 Å². The lowest BCUT2D eigenvalue weighted by atomic mass is 10.9. The van der Waals surface area contributed by atoms with Gasteiger partial charge in [0.1, 0.15) is 0 Å². The van der Waals surface area contributed by atoms with Gasteiger partial charge in [-0.2, -0.15) is 0 Å². The number of aryl methyl sites for hydroxylation is 1. The molecule has 0 spiro atoms. The van der Waals surface area contributed by atoms with Crippen LogP contribution in [0.3, 0.4) is 0 Å². The SMILES string of the molecule is CN=c1n(C)ccn1N. The van der Waals surface area contributed by atoms with Gasteiger partial charge < -0.3 is 10.4 Å². The van der Waals surface area contributed by atoms with Crippen LogP contribution in [0.2, 0.25) is 0 Å². The number of aromatic nitrogens is 2. The van der Waals surface area contributed by atoms with E-state index in [1.54, 1.807) is 13.2 Å². The number of nitrogens with two attached hydrogens (primary N) is 1. The van der Waals surface area contributed by atoms with Crippen LogP contribution in [0.4, 0.5) is 0 Å². The van der Waals surface area contributed by atoms with Crippen LogP contribution in [0.25, 0.3) is 0 Å². The molecular formula is C5H10N4. The van der Waals surface area contributed by atoms with Crippen molar-refractivity contribution < 1.29 is 0 Å². The number of hydrogen-bond donors (Lipinski definition) is 1. The highest BCUT2D eigenvalue weighted by Gasteiger charge is 1.88. The van der Waals surface area contributed by atoms with Gasteiger partial charge in [0.25, 0.3) is 0 Å². The van der Waals surface area contributed by atoms with Gasteiger partial charge in [0.15, 0.2) is 0 Å². The molecule has 0 aliphatic carbocycles. The summed E-state index contributed by atoms with van der Waals surface area (Å²) >= 11 is 0. The van der Waals surface area contributed by atoms with E-state index in [4.69, 9.17) is 5.84 Å². The molecule has 4 nitrogen and oxygen atoms in total. The van der Waals surface area contributed by atoms with Gasteiger partial charge in [0, 0.05) is 26.5 Å². The summed E-state index contributed by atoms with van der Waals surface area (Å²) in [5, 5.41) is 0. The molecule has 0 saturated carbocycles. The van der Waals surface area contributed by atoms with Crippen molar-refractivity contribution in [2.75, 3.05) is 12.9 Å². The van der Waals surface area contributed by atoms with Crippen LogP contribution in [0.5, 0.6) is 0 Å². The third-order valence-corrected chi connectivity index (χ3v) is 1.20. The average Bonchev–Trinajstić information content (AvgIpc) is 2.12. The van der Waals surface area contributed by atoms with Crippen molar-refractivity contribution in [3.63, 3.8) is 0 Å². The molecule has 0 aromatic carbocycles. The standard InChI is InChI=1S/C5H10N4/c1-7-5-8(2)3-4-9(5)6/h3-4H,6H2,1-2H3. The molecule has 2 N–H and O–H groups in total. The molecule has 1 aromatic rings. The molecule has 0 bridgehead atoms.